The molecular formula is C9H9FO4S. The van der Waals surface area contributed by atoms with Crippen molar-refractivity contribution in [1.82, 2.24) is 0 Å². The van der Waals surface area contributed by atoms with E-state index in [2.05, 4.69) is 4.74 Å². The highest BCUT2D eigenvalue weighted by Crippen LogP contribution is 2.13. The third-order valence-electron chi connectivity index (χ3n) is 1.58. The number of hydrogen-bond donors (Lipinski definition) is 1. The average Bonchev–Trinajstić information content (AvgIpc) is 2.17. The molecule has 4 nitrogen and oxygen atoms in total. The molecule has 0 saturated carbocycles. The molecule has 0 heterocycles. The fraction of sp³-hybridized carbons (Fsp3) is 0.222. The first kappa shape index (κ1) is 11.8. The Hall–Kier alpha value is -1.27. The Balaban J connectivity index is 3.09. The normalized spacial score (nSPS) is 12.2. The summed E-state index contributed by atoms with van der Waals surface area (Å²) in [6.07, 6.45) is 0. The number of esters is 1. The van der Waals surface area contributed by atoms with Gasteiger partial charge >= 0.3 is 5.97 Å². The summed E-state index contributed by atoms with van der Waals surface area (Å²) >= 11 is -2.32. The second-order valence-electron chi connectivity index (χ2n) is 2.65. The molecule has 0 aliphatic carbocycles. The quantitative estimate of drug-likeness (QED) is 0.634. The minimum atomic E-state index is -2.32. The molecule has 1 N–H and O–H groups in total. The molecule has 0 aliphatic heterocycles. The van der Waals surface area contributed by atoms with Crippen LogP contribution < -0.4 is 0 Å². The van der Waals surface area contributed by atoms with E-state index in [0.717, 1.165) is 18.2 Å². The molecule has 1 aromatic rings. The summed E-state index contributed by atoms with van der Waals surface area (Å²) in [5.74, 6) is -1.47. The van der Waals surface area contributed by atoms with Gasteiger partial charge < -0.3 is 9.29 Å². The van der Waals surface area contributed by atoms with E-state index in [0.29, 0.717) is 0 Å². The molecular weight excluding hydrogens is 223 g/mol. The fourth-order valence-electron chi connectivity index (χ4n) is 0.996. The SMILES string of the molecule is CCOC(=O)c1cc(F)cc(S(=O)O)c1. The molecule has 0 spiro atoms. The molecule has 1 unspecified atom stereocenters. The van der Waals surface area contributed by atoms with Crippen molar-refractivity contribution in [3.8, 4) is 0 Å². The highest BCUT2D eigenvalue weighted by molar-refractivity contribution is 7.79. The Morgan fingerprint density at radius 2 is 2.20 bits per heavy atom. The van der Waals surface area contributed by atoms with Gasteiger partial charge in [-0.2, -0.15) is 0 Å². The second-order valence-corrected chi connectivity index (χ2v) is 3.61. The van der Waals surface area contributed by atoms with Gasteiger partial charge in [-0.1, -0.05) is 0 Å². The van der Waals surface area contributed by atoms with Crippen molar-refractivity contribution >= 4 is 17.0 Å². The number of ether oxygens (including phenoxy) is 1. The van der Waals surface area contributed by atoms with Gasteiger partial charge in [-0.15, -0.1) is 0 Å². The van der Waals surface area contributed by atoms with Crippen molar-refractivity contribution in [1.29, 1.82) is 0 Å². The first-order valence-corrected chi connectivity index (χ1v) is 5.24. The Bertz CT molecular complexity index is 405. The van der Waals surface area contributed by atoms with E-state index in [1.807, 2.05) is 0 Å². The second kappa shape index (κ2) is 4.99. The Kier molecular flexibility index (Phi) is 3.93. The summed E-state index contributed by atoms with van der Waals surface area (Å²) in [5, 5.41) is 0. The molecule has 6 heteroatoms. The fourth-order valence-corrected chi connectivity index (χ4v) is 1.44. The summed E-state index contributed by atoms with van der Waals surface area (Å²) in [6.45, 7) is 1.77. The monoisotopic (exact) mass is 232 g/mol. The van der Waals surface area contributed by atoms with Gasteiger partial charge in [0, 0.05) is 0 Å². The van der Waals surface area contributed by atoms with Crippen molar-refractivity contribution in [2.24, 2.45) is 0 Å². The van der Waals surface area contributed by atoms with Gasteiger partial charge in [0.05, 0.1) is 17.1 Å². The number of hydrogen-bond acceptors (Lipinski definition) is 3. The molecule has 0 aromatic heterocycles. The van der Waals surface area contributed by atoms with E-state index >= 15 is 0 Å². The molecule has 1 rings (SSSR count). The molecule has 1 atom stereocenters. The molecule has 0 aliphatic rings. The minimum Gasteiger partial charge on any atom is -0.462 e. The summed E-state index contributed by atoms with van der Waals surface area (Å²) in [6, 6.07) is 2.96. The zero-order chi connectivity index (χ0) is 11.4. The molecule has 15 heavy (non-hydrogen) atoms. The number of carbonyl (C=O) groups is 1. The maximum atomic E-state index is 12.9. The molecule has 0 fully saturated rings. The van der Waals surface area contributed by atoms with E-state index < -0.39 is 22.9 Å². The third-order valence-corrected chi connectivity index (χ3v) is 2.22. The lowest BCUT2D eigenvalue weighted by Gasteiger charge is -2.03. The van der Waals surface area contributed by atoms with Gasteiger partial charge in [0.2, 0.25) is 0 Å². The van der Waals surface area contributed by atoms with E-state index in [1.165, 1.54) is 0 Å². The van der Waals surface area contributed by atoms with Gasteiger partial charge in [0.15, 0.2) is 11.1 Å². The molecule has 82 valence electrons. The summed E-state index contributed by atoms with van der Waals surface area (Å²) < 4.78 is 37.0. The first-order valence-electron chi connectivity index (χ1n) is 4.13. The van der Waals surface area contributed by atoms with Gasteiger partial charge in [-0.05, 0) is 25.1 Å². The van der Waals surface area contributed by atoms with Crippen LogP contribution in [-0.2, 0) is 15.8 Å². The number of halogens is 1. The van der Waals surface area contributed by atoms with Crippen LogP contribution in [0.5, 0.6) is 0 Å². The lowest BCUT2D eigenvalue weighted by atomic mass is 10.2. The van der Waals surface area contributed by atoms with Crippen LogP contribution >= 0.6 is 0 Å². The van der Waals surface area contributed by atoms with Crippen molar-refractivity contribution in [2.75, 3.05) is 6.61 Å². The predicted molar refractivity (Wildman–Crippen MR) is 51.4 cm³/mol. The van der Waals surface area contributed by atoms with Gasteiger partial charge in [-0.3, -0.25) is 0 Å². The van der Waals surface area contributed by atoms with E-state index in [4.69, 9.17) is 4.55 Å². The molecule has 0 amide bonds. The van der Waals surface area contributed by atoms with Crippen molar-refractivity contribution in [3.05, 3.63) is 29.6 Å². The molecule has 0 radical (unpaired) electrons. The highest BCUT2D eigenvalue weighted by atomic mass is 32.2. The van der Waals surface area contributed by atoms with Crippen molar-refractivity contribution < 1.29 is 22.7 Å². The van der Waals surface area contributed by atoms with Crippen LogP contribution in [0.25, 0.3) is 0 Å². The van der Waals surface area contributed by atoms with Gasteiger partial charge in [0.1, 0.15) is 5.82 Å². The van der Waals surface area contributed by atoms with E-state index in [-0.39, 0.29) is 17.1 Å². The Morgan fingerprint density at radius 1 is 1.53 bits per heavy atom. The van der Waals surface area contributed by atoms with Crippen LogP contribution in [0, 0.1) is 5.82 Å². The zero-order valence-electron chi connectivity index (χ0n) is 7.90. The maximum absolute atomic E-state index is 12.9. The number of benzene rings is 1. The van der Waals surface area contributed by atoms with Crippen molar-refractivity contribution in [2.45, 2.75) is 11.8 Å². The highest BCUT2D eigenvalue weighted by Gasteiger charge is 2.11. The zero-order valence-corrected chi connectivity index (χ0v) is 8.71. The minimum absolute atomic E-state index is 0.0748. The number of rotatable bonds is 3. The Labute approximate surface area is 88.3 Å². The van der Waals surface area contributed by atoms with E-state index in [9.17, 15) is 13.4 Å². The molecule has 0 saturated heterocycles. The summed E-state index contributed by atoms with van der Waals surface area (Å²) in [5.41, 5.74) is -0.0748. The van der Waals surface area contributed by atoms with Crippen LogP contribution in [0.1, 0.15) is 17.3 Å². The summed E-state index contributed by atoms with van der Waals surface area (Å²) in [7, 11) is 0. The van der Waals surface area contributed by atoms with E-state index in [1.54, 1.807) is 6.92 Å². The van der Waals surface area contributed by atoms with Crippen LogP contribution in [0.4, 0.5) is 4.39 Å². The average molecular weight is 232 g/mol. The maximum Gasteiger partial charge on any atom is 0.338 e. The summed E-state index contributed by atoms with van der Waals surface area (Å²) in [4.78, 5) is 11.0. The first-order chi connectivity index (χ1) is 7.04. The Morgan fingerprint density at radius 3 is 2.73 bits per heavy atom. The smallest absolute Gasteiger partial charge is 0.338 e. The lowest BCUT2D eigenvalue weighted by molar-refractivity contribution is 0.0525. The largest absolute Gasteiger partial charge is 0.462 e. The van der Waals surface area contributed by atoms with Crippen LogP contribution in [0.3, 0.4) is 0 Å². The molecule has 0 bridgehead atoms. The van der Waals surface area contributed by atoms with Crippen molar-refractivity contribution in [3.63, 3.8) is 0 Å². The lowest BCUT2D eigenvalue weighted by Crippen LogP contribution is -2.06. The topological polar surface area (TPSA) is 63.6 Å². The molecule has 1 aromatic carbocycles. The van der Waals surface area contributed by atoms with Gasteiger partial charge in [-0.25, -0.2) is 13.4 Å². The van der Waals surface area contributed by atoms with Gasteiger partial charge in [0.25, 0.3) is 0 Å². The standard InChI is InChI=1S/C9H9FO4S/c1-2-14-9(11)6-3-7(10)5-8(4-6)15(12)13/h3-5H,2H2,1H3,(H,12,13). The van der Waals surface area contributed by atoms with Crippen LogP contribution in [0.2, 0.25) is 0 Å². The van der Waals surface area contributed by atoms with Crippen LogP contribution in [-0.4, -0.2) is 21.3 Å². The third kappa shape index (κ3) is 3.10. The van der Waals surface area contributed by atoms with Crippen LogP contribution in [0.15, 0.2) is 23.1 Å². The number of carbonyl (C=O) groups excluding carboxylic acids is 1. The predicted octanol–water partition coefficient (Wildman–Crippen LogP) is 1.58.